The van der Waals surface area contributed by atoms with Gasteiger partial charge >= 0.3 is 0 Å². The molecule has 1 aromatic rings. The van der Waals surface area contributed by atoms with Crippen molar-refractivity contribution in [3.05, 3.63) is 34.9 Å². The molecule has 1 aliphatic rings. The molecule has 0 heterocycles. The minimum atomic E-state index is -1.74. The fraction of sp³-hybridized carbons (Fsp3) is 0.667. The minimum Gasteiger partial charge on any atom is -0.414 e. The van der Waals surface area contributed by atoms with Gasteiger partial charge in [-0.1, -0.05) is 32.9 Å². The third kappa shape index (κ3) is 4.20. The Morgan fingerprint density at radius 3 is 2.26 bits per heavy atom. The maximum atomic E-state index is 13.8. The quantitative estimate of drug-likeness (QED) is 0.672. The lowest BCUT2D eigenvalue weighted by Crippen LogP contribution is -2.49. The second-order valence-electron chi connectivity index (χ2n) is 8.07. The van der Waals surface area contributed by atoms with Crippen LogP contribution in [0.3, 0.4) is 0 Å². The van der Waals surface area contributed by atoms with Crippen molar-refractivity contribution in [2.75, 3.05) is 0 Å². The highest BCUT2D eigenvalue weighted by atomic mass is 28.4. The Balaban J connectivity index is 1.80. The monoisotopic (exact) mass is 342 g/mol. The Morgan fingerprint density at radius 1 is 1.09 bits per heavy atom. The number of ether oxygens (including phenoxy) is 1. The van der Waals surface area contributed by atoms with Crippen LogP contribution in [-0.4, -0.2) is 20.5 Å². The van der Waals surface area contributed by atoms with E-state index < -0.39 is 20.0 Å². The molecule has 1 aromatic carbocycles. The van der Waals surface area contributed by atoms with E-state index >= 15 is 0 Å². The van der Waals surface area contributed by atoms with Gasteiger partial charge in [-0.05, 0) is 43.5 Å². The summed E-state index contributed by atoms with van der Waals surface area (Å²) in [5.74, 6) is -1.57. The zero-order valence-electron chi connectivity index (χ0n) is 15.0. The summed E-state index contributed by atoms with van der Waals surface area (Å²) in [6, 6.07) is 3.18. The van der Waals surface area contributed by atoms with Gasteiger partial charge in [-0.3, -0.25) is 0 Å². The first-order valence-corrected chi connectivity index (χ1v) is 11.1. The maximum absolute atomic E-state index is 13.8. The molecule has 0 aromatic heterocycles. The van der Waals surface area contributed by atoms with Gasteiger partial charge in [0.15, 0.2) is 20.0 Å². The van der Waals surface area contributed by atoms with Crippen molar-refractivity contribution in [2.45, 2.75) is 77.5 Å². The molecular formula is C18H28F2O2Si. The summed E-state index contributed by atoms with van der Waals surface area (Å²) >= 11 is 0. The molecule has 1 saturated carbocycles. The van der Waals surface area contributed by atoms with Gasteiger partial charge in [-0.15, -0.1) is 0 Å². The van der Waals surface area contributed by atoms with Gasteiger partial charge in [0.1, 0.15) is 0 Å². The molecule has 0 N–H and O–H groups in total. The van der Waals surface area contributed by atoms with E-state index in [1.54, 1.807) is 19.1 Å². The predicted molar refractivity (Wildman–Crippen MR) is 91.0 cm³/mol. The van der Waals surface area contributed by atoms with Crippen molar-refractivity contribution >= 4 is 8.32 Å². The predicted octanol–water partition coefficient (Wildman–Crippen LogP) is 5.34. The first kappa shape index (κ1) is 18.6. The van der Waals surface area contributed by atoms with Crippen molar-refractivity contribution in [1.29, 1.82) is 0 Å². The second kappa shape index (κ2) is 6.61. The molecule has 1 aliphatic carbocycles. The highest BCUT2D eigenvalue weighted by Gasteiger charge is 2.42. The molecule has 2 rings (SSSR count). The number of halogens is 2. The molecular weight excluding hydrogens is 314 g/mol. The Hall–Kier alpha value is -0.783. The van der Waals surface area contributed by atoms with Gasteiger partial charge in [-0.2, -0.15) is 0 Å². The molecule has 1 fully saturated rings. The Morgan fingerprint density at radius 2 is 1.70 bits per heavy atom. The van der Waals surface area contributed by atoms with E-state index in [4.69, 9.17) is 9.16 Å². The summed E-state index contributed by atoms with van der Waals surface area (Å²) < 4.78 is 39.3. The fourth-order valence-electron chi connectivity index (χ4n) is 2.35. The zero-order valence-corrected chi connectivity index (χ0v) is 16.0. The Bertz CT molecular complexity index is 561. The van der Waals surface area contributed by atoms with Crippen LogP contribution < -0.4 is 0 Å². The lowest BCUT2D eigenvalue weighted by molar-refractivity contribution is -0.0732. The van der Waals surface area contributed by atoms with Crippen LogP contribution in [0.1, 0.15) is 44.7 Å². The number of aryl methyl sites for hydroxylation is 1. The molecule has 0 spiro atoms. The van der Waals surface area contributed by atoms with Crippen molar-refractivity contribution in [3.8, 4) is 0 Å². The Kier molecular flexibility index (Phi) is 5.33. The summed E-state index contributed by atoms with van der Waals surface area (Å²) in [4.78, 5) is 0. The molecule has 0 amide bonds. The number of hydrogen-bond donors (Lipinski definition) is 0. The van der Waals surface area contributed by atoms with E-state index in [1.165, 1.54) is 0 Å². The molecule has 0 bridgehead atoms. The second-order valence-corrected chi connectivity index (χ2v) is 12.8. The van der Waals surface area contributed by atoms with Gasteiger partial charge in [0.05, 0.1) is 12.7 Å². The van der Waals surface area contributed by atoms with Crippen LogP contribution in [0.5, 0.6) is 0 Å². The lowest BCUT2D eigenvalue weighted by atomic mass is 9.92. The zero-order chi connectivity index (χ0) is 17.4. The fourth-order valence-corrected chi connectivity index (χ4v) is 3.73. The number of benzene rings is 1. The highest BCUT2D eigenvalue weighted by molar-refractivity contribution is 6.74. The summed E-state index contributed by atoms with van der Waals surface area (Å²) in [5.41, 5.74) is 0.597. The Labute approximate surface area is 139 Å². The van der Waals surface area contributed by atoms with E-state index in [9.17, 15) is 8.78 Å². The molecule has 23 heavy (non-hydrogen) atoms. The maximum Gasteiger partial charge on any atom is 0.192 e. The normalized spacial score (nSPS) is 22.1. The van der Waals surface area contributed by atoms with Gasteiger partial charge in [-0.25, -0.2) is 8.78 Å². The topological polar surface area (TPSA) is 18.5 Å². The van der Waals surface area contributed by atoms with E-state index in [-0.39, 0.29) is 29.4 Å². The standard InChI is InChI=1S/C18H28F2O2Si/c1-12-7-8-13(17(20)16(12)19)11-21-14-9-15(10-14)22-23(5,6)18(2,3)4/h7-8,14-15H,9-11H2,1-6H3/t14-,15+. The summed E-state index contributed by atoms with van der Waals surface area (Å²) in [7, 11) is -1.74. The largest absolute Gasteiger partial charge is 0.414 e. The van der Waals surface area contributed by atoms with Crippen LogP contribution in [0.15, 0.2) is 12.1 Å². The first-order valence-electron chi connectivity index (χ1n) is 8.24. The summed E-state index contributed by atoms with van der Waals surface area (Å²) in [6.45, 7) is 12.8. The average Bonchev–Trinajstić information content (AvgIpc) is 2.39. The van der Waals surface area contributed by atoms with E-state index in [0.717, 1.165) is 12.8 Å². The van der Waals surface area contributed by atoms with Crippen LogP contribution in [0.4, 0.5) is 8.78 Å². The highest BCUT2D eigenvalue weighted by Crippen LogP contribution is 2.40. The van der Waals surface area contributed by atoms with Crippen molar-refractivity contribution < 1.29 is 17.9 Å². The van der Waals surface area contributed by atoms with Crippen molar-refractivity contribution in [2.24, 2.45) is 0 Å². The molecule has 0 saturated heterocycles. The van der Waals surface area contributed by atoms with Crippen molar-refractivity contribution in [3.63, 3.8) is 0 Å². The van der Waals surface area contributed by atoms with E-state index in [2.05, 4.69) is 33.9 Å². The van der Waals surface area contributed by atoms with Crippen LogP contribution in [-0.2, 0) is 15.8 Å². The minimum absolute atomic E-state index is 0.0773. The summed E-state index contributed by atoms with van der Waals surface area (Å²) in [6.07, 6.45) is 1.99. The molecule has 130 valence electrons. The molecule has 0 atom stereocenters. The van der Waals surface area contributed by atoms with Gasteiger partial charge in [0, 0.05) is 11.7 Å². The van der Waals surface area contributed by atoms with Gasteiger partial charge in [0.25, 0.3) is 0 Å². The number of hydrogen-bond acceptors (Lipinski definition) is 2. The molecule has 0 aliphatic heterocycles. The molecule has 5 heteroatoms. The number of rotatable bonds is 5. The smallest absolute Gasteiger partial charge is 0.192 e. The van der Waals surface area contributed by atoms with Crippen LogP contribution in [0.2, 0.25) is 18.1 Å². The third-order valence-electron chi connectivity index (χ3n) is 5.15. The van der Waals surface area contributed by atoms with Crippen LogP contribution in [0.25, 0.3) is 0 Å². The molecule has 2 nitrogen and oxygen atoms in total. The first-order chi connectivity index (χ1) is 10.5. The third-order valence-corrected chi connectivity index (χ3v) is 9.68. The van der Waals surface area contributed by atoms with E-state index in [0.29, 0.717) is 5.56 Å². The van der Waals surface area contributed by atoms with Crippen LogP contribution in [0, 0.1) is 18.6 Å². The van der Waals surface area contributed by atoms with E-state index in [1.807, 2.05) is 0 Å². The van der Waals surface area contributed by atoms with Crippen molar-refractivity contribution in [1.82, 2.24) is 0 Å². The SMILES string of the molecule is Cc1ccc(CO[C@H]2C[C@@H](O[Si](C)(C)C(C)(C)C)C2)c(F)c1F. The van der Waals surface area contributed by atoms with Gasteiger partial charge < -0.3 is 9.16 Å². The molecule has 0 radical (unpaired) electrons. The average molecular weight is 343 g/mol. The van der Waals surface area contributed by atoms with Gasteiger partial charge in [0.2, 0.25) is 0 Å². The lowest BCUT2D eigenvalue weighted by Gasteiger charge is -2.44. The molecule has 0 unspecified atom stereocenters. The van der Waals surface area contributed by atoms with Crippen LogP contribution >= 0.6 is 0 Å². The summed E-state index contributed by atoms with van der Waals surface area (Å²) in [5, 5.41) is 0.196.